The molecule has 0 radical (unpaired) electrons. The van der Waals surface area contributed by atoms with E-state index in [9.17, 15) is 20.0 Å². The Kier molecular flexibility index (Phi) is 6.18. The van der Waals surface area contributed by atoms with Crippen LogP contribution in [0.3, 0.4) is 0 Å². The topological polar surface area (TPSA) is 102 Å². The van der Waals surface area contributed by atoms with E-state index in [1.807, 2.05) is 0 Å². The first-order valence-electron chi connectivity index (χ1n) is 5.44. The number of halogens is 2. The molecule has 2 N–H and O–H groups in total. The summed E-state index contributed by atoms with van der Waals surface area (Å²) in [6, 6.07) is 2.48. The van der Waals surface area contributed by atoms with Crippen molar-refractivity contribution in [1.29, 1.82) is 0 Å². The van der Waals surface area contributed by atoms with Crippen LogP contribution in [0, 0.1) is 10.1 Å². The first-order chi connectivity index (χ1) is 9.40. The number of nitro groups is 1. The fourth-order valence-electron chi connectivity index (χ4n) is 1.41. The zero-order valence-electron chi connectivity index (χ0n) is 10.4. The van der Waals surface area contributed by atoms with Crippen LogP contribution in [-0.4, -0.2) is 41.6 Å². The van der Waals surface area contributed by atoms with E-state index in [2.05, 4.69) is 26.0 Å². The van der Waals surface area contributed by atoms with Crippen LogP contribution in [0.25, 0.3) is 0 Å². The molecule has 0 heterocycles. The molecule has 7 nitrogen and oxygen atoms in total. The Hall–Kier alpha value is -1.38. The van der Waals surface area contributed by atoms with Gasteiger partial charge in [0.25, 0.3) is 5.69 Å². The van der Waals surface area contributed by atoms with Crippen molar-refractivity contribution in [2.24, 2.45) is 0 Å². The monoisotopic (exact) mass is 366 g/mol. The maximum atomic E-state index is 11.6. The molecule has 1 atom stereocenters. The molecule has 0 fully saturated rings. The summed E-state index contributed by atoms with van der Waals surface area (Å²) in [4.78, 5) is 21.8. The highest BCUT2D eigenvalue weighted by Gasteiger charge is 2.23. The van der Waals surface area contributed by atoms with Gasteiger partial charge in [0.2, 0.25) is 0 Å². The van der Waals surface area contributed by atoms with E-state index in [0.29, 0.717) is 10.2 Å². The summed E-state index contributed by atoms with van der Waals surface area (Å²) in [5.74, 6) is -0.772. The van der Waals surface area contributed by atoms with Crippen molar-refractivity contribution >= 4 is 44.9 Å². The third kappa shape index (κ3) is 4.06. The normalized spacial score (nSPS) is 11.8. The lowest BCUT2D eigenvalue weighted by Crippen LogP contribution is -2.21. The van der Waals surface area contributed by atoms with Crippen molar-refractivity contribution in [3.8, 4) is 0 Å². The van der Waals surface area contributed by atoms with E-state index in [1.165, 1.54) is 12.1 Å². The molecule has 0 amide bonds. The highest BCUT2D eigenvalue weighted by atomic mass is 79.9. The number of carbonyl (C=O) groups excluding carboxylic acids is 1. The van der Waals surface area contributed by atoms with E-state index < -0.39 is 17.0 Å². The zero-order valence-corrected chi connectivity index (χ0v) is 12.8. The van der Waals surface area contributed by atoms with E-state index in [-0.39, 0.29) is 23.7 Å². The second kappa shape index (κ2) is 7.41. The summed E-state index contributed by atoms with van der Waals surface area (Å²) in [7, 11) is 1.14. The predicted molar refractivity (Wildman–Crippen MR) is 77.4 cm³/mol. The SMILES string of the molecule is COC(=O)c1cc(NCC(O)CCl)c(Br)cc1[N+](=O)[O-]. The summed E-state index contributed by atoms with van der Waals surface area (Å²) in [6.07, 6.45) is -0.777. The smallest absolute Gasteiger partial charge is 0.344 e. The van der Waals surface area contributed by atoms with Crippen molar-refractivity contribution in [3.63, 3.8) is 0 Å². The second-order valence-corrected chi connectivity index (χ2v) is 4.95. The van der Waals surface area contributed by atoms with Gasteiger partial charge in [-0.15, -0.1) is 11.6 Å². The lowest BCUT2D eigenvalue weighted by Gasteiger charge is -2.12. The summed E-state index contributed by atoms with van der Waals surface area (Å²) in [5, 5.41) is 23.1. The van der Waals surface area contributed by atoms with Gasteiger partial charge >= 0.3 is 5.97 Å². The molecule has 20 heavy (non-hydrogen) atoms. The maximum Gasteiger partial charge on any atom is 0.344 e. The van der Waals surface area contributed by atoms with Crippen LogP contribution in [0.2, 0.25) is 0 Å². The number of aliphatic hydroxyl groups excluding tert-OH is 1. The maximum absolute atomic E-state index is 11.6. The van der Waals surface area contributed by atoms with Crippen LogP contribution in [0.15, 0.2) is 16.6 Å². The Morgan fingerprint density at radius 2 is 2.30 bits per heavy atom. The number of anilines is 1. The molecular weight excluding hydrogens is 355 g/mol. The van der Waals surface area contributed by atoms with Gasteiger partial charge in [0.05, 0.1) is 24.0 Å². The number of ether oxygens (including phenoxy) is 1. The van der Waals surface area contributed by atoms with E-state index in [1.54, 1.807) is 0 Å². The Morgan fingerprint density at radius 1 is 1.65 bits per heavy atom. The molecule has 0 saturated carbocycles. The van der Waals surface area contributed by atoms with Crippen molar-refractivity contribution < 1.29 is 19.6 Å². The summed E-state index contributed by atoms with van der Waals surface area (Å²) in [5.41, 5.74) is -0.129. The van der Waals surface area contributed by atoms with Crippen molar-refractivity contribution in [3.05, 3.63) is 32.3 Å². The number of alkyl halides is 1. The number of methoxy groups -OCH3 is 1. The molecule has 1 aromatic carbocycles. The van der Waals surface area contributed by atoms with Crippen LogP contribution in [0.5, 0.6) is 0 Å². The highest BCUT2D eigenvalue weighted by molar-refractivity contribution is 9.10. The number of nitrogens with zero attached hydrogens (tertiary/aromatic N) is 1. The van der Waals surface area contributed by atoms with Gasteiger partial charge in [0.15, 0.2) is 0 Å². The van der Waals surface area contributed by atoms with Gasteiger partial charge in [-0.05, 0) is 22.0 Å². The first-order valence-corrected chi connectivity index (χ1v) is 6.77. The number of hydrogen-bond acceptors (Lipinski definition) is 6. The minimum absolute atomic E-state index is 0.0431. The quantitative estimate of drug-likeness (QED) is 0.346. The molecule has 0 saturated heterocycles. The van der Waals surface area contributed by atoms with E-state index in [0.717, 1.165) is 7.11 Å². The average molecular weight is 368 g/mol. The first kappa shape index (κ1) is 16.7. The number of carbonyl (C=O) groups is 1. The van der Waals surface area contributed by atoms with Crippen LogP contribution in [0.1, 0.15) is 10.4 Å². The molecule has 0 aliphatic heterocycles. The van der Waals surface area contributed by atoms with Crippen molar-refractivity contribution in [1.82, 2.24) is 0 Å². The average Bonchev–Trinajstić information content (AvgIpc) is 2.44. The molecule has 0 bridgehead atoms. The molecule has 0 aromatic heterocycles. The third-order valence-corrected chi connectivity index (χ3v) is 3.41. The summed E-state index contributed by atoms with van der Waals surface area (Å²) < 4.78 is 4.90. The third-order valence-electron chi connectivity index (χ3n) is 2.39. The number of benzene rings is 1. The van der Waals surface area contributed by atoms with Crippen LogP contribution >= 0.6 is 27.5 Å². The number of nitro benzene ring substituents is 1. The van der Waals surface area contributed by atoms with Crippen LogP contribution in [-0.2, 0) is 4.74 Å². The predicted octanol–water partition coefficient (Wildman–Crippen LogP) is 2.16. The van der Waals surface area contributed by atoms with Gasteiger partial charge in [-0.3, -0.25) is 10.1 Å². The number of nitrogens with one attached hydrogen (secondary N) is 1. The molecule has 1 rings (SSSR count). The standard InChI is InChI=1S/C11H12BrClN2O5/c1-20-11(17)7-2-9(14-5-6(16)4-13)8(12)3-10(7)15(18)19/h2-3,6,14,16H,4-5H2,1H3. The Morgan fingerprint density at radius 3 is 2.80 bits per heavy atom. The molecule has 0 aliphatic rings. The molecular formula is C11H12BrClN2O5. The summed E-state index contributed by atoms with van der Waals surface area (Å²) >= 11 is 8.62. The fraction of sp³-hybridized carbons (Fsp3) is 0.364. The molecule has 1 aromatic rings. The fourth-order valence-corrected chi connectivity index (χ4v) is 1.99. The highest BCUT2D eigenvalue weighted by Crippen LogP contribution is 2.31. The summed E-state index contributed by atoms with van der Waals surface area (Å²) in [6.45, 7) is 0.139. The second-order valence-electron chi connectivity index (χ2n) is 3.79. The van der Waals surface area contributed by atoms with E-state index in [4.69, 9.17) is 11.6 Å². The molecule has 9 heteroatoms. The van der Waals surface area contributed by atoms with Gasteiger partial charge in [0.1, 0.15) is 5.56 Å². The lowest BCUT2D eigenvalue weighted by atomic mass is 10.1. The molecule has 110 valence electrons. The van der Waals surface area contributed by atoms with Gasteiger partial charge in [0, 0.05) is 22.8 Å². The number of esters is 1. The molecule has 0 spiro atoms. The van der Waals surface area contributed by atoms with Gasteiger partial charge < -0.3 is 15.2 Å². The Bertz CT molecular complexity index is 526. The largest absolute Gasteiger partial charge is 0.465 e. The van der Waals surface area contributed by atoms with Crippen molar-refractivity contribution in [2.45, 2.75) is 6.10 Å². The zero-order chi connectivity index (χ0) is 15.3. The minimum Gasteiger partial charge on any atom is -0.465 e. The van der Waals surface area contributed by atoms with Gasteiger partial charge in [-0.25, -0.2) is 4.79 Å². The van der Waals surface area contributed by atoms with Crippen LogP contribution in [0.4, 0.5) is 11.4 Å². The van der Waals surface area contributed by atoms with Crippen LogP contribution < -0.4 is 5.32 Å². The molecule has 0 aliphatic carbocycles. The lowest BCUT2D eigenvalue weighted by molar-refractivity contribution is -0.385. The Balaban J connectivity index is 3.14. The number of hydrogen-bond donors (Lipinski definition) is 2. The number of rotatable bonds is 6. The number of aliphatic hydroxyl groups is 1. The van der Waals surface area contributed by atoms with Gasteiger partial charge in [-0.2, -0.15) is 0 Å². The van der Waals surface area contributed by atoms with Gasteiger partial charge in [-0.1, -0.05) is 0 Å². The van der Waals surface area contributed by atoms with E-state index >= 15 is 0 Å². The minimum atomic E-state index is -0.815. The Labute approximate surface area is 128 Å². The molecule has 1 unspecified atom stereocenters. The van der Waals surface area contributed by atoms with Crippen molar-refractivity contribution in [2.75, 3.05) is 24.9 Å².